The molecule has 0 saturated carbocycles. The maximum absolute atomic E-state index is 12.9. The van der Waals surface area contributed by atoms with Crippen LogP contribution in [0.2, 0.25) is 0 Å². The number of hydrogen-bond donors (Lipinski definition) is 1. The molecular weight excluding hydrogens is 363 g/mol. The number of rotatable bonds is 3. The standard InChI is InChI=1S/C23H16F3NO/c24-23(25,26)21-11-5-4-9-19(21)10-6-16-27-22(28)20-14-12-18(13-15-20)17-7-2-1-3-8-17/h1-5,7-9,11-15H,16H2,(H,27,28). The molecule has 1 N–H and O–H groups in total. The summed E-state index contributed by atoms with van der Waals surface area (Å²) in [5.74, 6) is 4.71. The molecule has 3 rings (SSSR count). The van der Waals surface area contributed by atoms with Crippen molar-refractivity contribution in [3.05, 3.63) is 95.6 Å². The largest absolute Gasteiger partial charge is 0.417 e. The van der Waals surface area contributed by atoms with Gasteiger partial charge in [-0.1, -0.05) is 66.4 Å². The molecule has 0 saturated heterocycles. The summed E-state index contributed by atoms with van der Waals surface area (Å²) in [7, 11) is 0. The highest BCUT2D eigenvalue weighted by molar-refractivity contribution is 5.94. The number of carbonyl (C=O) groups is 1. The van der Waals surface area contributed by atoms with Gasteiger partial charge in [0, 0.05) is 11.1 Å². The smallest absolute Gasteiger partial charge is 0.341 e. The fourth-order valence-corrected chi connectivity index (χ4v) is 2.65. The predicted molar refractivity (Wildman–Crippen MR) is 103 cm³/mol. The van der Waals surface area contributed by atoms with Crippen LogP contribution in [-0.4, -0.2) is 12.5 Å². The highest BCUT2D eigenvalue weighted by Crippen LogP contribution is 2.31. The molecule has 3 aromatic rings. The molecule has 0 heterocycles. The number of nitrogens with one attached hydrogen (secondary N) is 1. The van der Waals surface area contributed by atoms with Crippen molar-refractivity contribution in [2.75, 3.05) is 6.54 Å². The highest BCUT2D eigenvalue weighted by atomic mass is 19.4. The first-order valence-electron chi connectivity index (χ1n) is 8.54. The van der Waals surface area contributed by atoms with E-state index in [1.165, 1.54) is 18.2 Å². The summed E-state index contributed by atoms with van der Waals surface area (Å²) in [6, 6.07) is 21.9. The summed E-state index contributed by atoms with van der Waals surface area (Å²) in [5.41, 5.74) is 1.59. The van der Waals surface area contributed by atoms with Crippen molar-refractivity contribution in [1.29, 1.82) is 0 Å². The summed E-state index contributed by atoms with van der Waals surface area (Å²) >= 11 is 0. The quantitative estimate of drug-likeness (QED) is 0.626. The molecule has 2 nitrogen and oxygen atoms in total. The lowest BCUT2D eigenvalue weighted by Gasteiger charge is -2.08. The van der Waals surface area contributed by atoms with E-state index in [0.29, 0.717) is 5.56 Å². The van der Waals surface area contributed by atoms with E-state index < -0.39 is 11.7 Å². The van der Waals surface area contributed by atoms with Gasteiger partial charge in [-0.25, -0.2) is 0 Å². The second-order valence-electron chi connectivity index (χ2n) is 5.97. The zero-order chi connectivity index (χ0) is 20.0. The third kappa shape index (κ3) is 4.80. The Morgan fingerprint density at radius 3 is 2.11 bits per heavy atom. The lowest BCUT2D eigenvalue weighted by Crippen LogP contribution is -2.23. The van der Waals surface area contributed by atoms with Crippen LogP contribution in [-0.2, 0) is 6.18 Å². The van der Waals surface area contributed by atoms with Crippen molar-refractivity contribution < 1.29 is 18.0 Å². The van der Waals surface area contributed by atoms with Gasteiger partial charge in [0.05, 0.1) is 12.1 Å². The molecule has 0 spiro atoms. The molecule has 28 heavy (non-hydrogen) atoms. The van der Waals surface area contributed by atoms with Crippen molar-refractivity contribution in [3.8, 4) is 23.0 Å². The molecule has 5 heteroatoms. The van der Waals surface area contributed by atoms with Gasteiger partial charge < -0.3 is 5.32 Å². The van der Waals surface area contributed by atoms with E-state index in [-0.39, 0.29) is 18.0 Å². The third-order valence-corrected chi connectivity index (χ3v) is 4.05. The van der Waals surface area contributed by atoms with Gasteiger partial charge in [0.1, 0.15) is 0 Å². The van der Waals surface area contributed by atoms with E-state index >= 15 is 0 Å². The summed E-state index contributed by atoms with van der Waals surface area (Å²) in [4.78, 5) is 12.2. The van der Waals surface area contributed by atoms with Crippen molar-refractivity contribution in [1.82, 2.24) is 5.32 Å². The van der Waals surface area contributed by atoms with E-state index in [1.54, 1.807) is 12.1 Å². The Kier molecular flexibility index (Phi) is 5.81. The lowest BCUT2D eigenvalue weighted by atomic mass is 10.0. The Labute approximate surface area is 161 Å². The highest BCUT2D eigenvalue weighted by Gasteiger charge is 2.32. The third-order valence-electron chi connectivity index (χ3n) is 4.05. The first-order chi connectivity index (χ1) is 13.4. The second kappa shape index (κ2) is 8.45. The molecule has 0 atom stereocenters. The van der Waals surface area contributed by atoms with Crippen LogP contribution in [0.25, 0.3) is 11.1 Å². The molecule has 0 bridgehead atoms. The Balaban J connectivity index is 1.63. The average Bonchev–Trinajstić information content (AvgIpc) is 2.71. The number of halogens is 3. The summed E-state index contributed by atoms with van der Waals surface area (Å²) in [5, 5.41) is 2.59. The van der Waals surface area contributed by atoms with Crippen LogP contribution >= 0.6 is 0 Å². The molecular formula is C23H16F3NO. The van der Waals surface area contributed by atoms with Gasteiger partial charge >= 0.3 is 6.18 Å². The lowest BCUT2D eigenvalue weighted by molar-refractivity contribution is -0.137. The topological polar surface area (TPSA) is 29.1 Å². The van der Waals surface area contributed by atoms with Crippen LogP contribution in [0, 0.1) is 11.8 Å². The summed E-state index contributed by atoms with van der Waals surface area (Å²) < 4.78 is 38.8. The molecule has 3 aromatic carbocycles. The van der Waals surface area contributed by atoms with Gasteiger partial charge in [-0.2, -0.15) is 13.2 Å². The van der Waals surface area contributed by atoms with Gasteiger partial charge in [0.2, 0.25) is 0 Å². The van der Waals surface area contributed by atoms with E-state index in [2.05, 4.69) is 17.2 Å². The second-order valence-corrected chi connectivity index (χ2v) is 5.97. The first-order valence-corrected chi connectivity index (χ1v) is 8.54. The Morgan fingerprint density at radius 1 is 0.821 bits per heavy atom. The fraction of sp³-hybridized carbons (Fsp3) is 0.0870. The Hall–Kier alpha value is -3.52. The molecule has 0 aromatic heterocycles. The van der Waals surface area contributed by atoms with Crippen LogP contribution < -0.4 is 5.32 Å². The molecule has 0 aliphatic heterocycles. The van der Waals surface area contributed by atoms with Crippen molar-refractivity contribution >= 4 is 5.91 Å². The van der Waals surface area contributed by atoms with Crippen LogP contribution in [0.3, 0.4) is 0 Å². The number of benzene rings is 3. The predicted octanol–water partition coefficient (Wildman–Crippen LogP) is 5.15. The first kappa shape index (κ1) is 19.2. The van der Waals surface area contributed by atoms with E-state index in [9.17, 15) is 18.0 Å². The molecule has 1 amide bonds. The van der Waals surface area contributed by atoms with E-state index in [1.807, 2.05) is 42.5 Å². The summed E-state index contributed by atoms with van der Waals surface area (Å²) in [6.45, 7) is -0.0501. The van der Waals surface area contributed by atoms with Gasteiger partial charge in [-0.05, 0) is 35.4 Å². The SMILES string of the molecule is O=C(NCC#Cc1ccccc1C(F)(F)F)c1ccc(-c2ccccc2)cc1. The molecule has 140 valence electrons. The van der Waals surface area contributed by atoms with Crippen molar-refractivity contribution in [3.63, 3.8) is 0 Å². The minimum absolute atomic E-state index is 0.0501. The molecule has 0 aliphatic carbocycles. The Morgan fingerprint density at radius 2 is 1.43 bits per heavy atom. The number of carbonyl (C=O) groups excluding carboxylic acids is 1. The maximum atomic E-state index is 12.9. The van der Waals surface area contributed by atoms with E-state index in [4.69, 9.17) is 0 Å². The van der Waals surface area contributed by atoms with Crippen LogP contribution in [0.15, 0.2) is 78.9 Å². The van der Waals surface area contributed by atoms with Gasteiger partial charge in [-0.15, -0.1) is 0 Å². The van der Waals surface area contributed by atoms with Crippen molar-refractivity contribution in [2.45, 2.75) is 6.18 Å². The number of amides is 1. The van der Waals surface area contributed by atoms with Crippen LogP contribution in [0.1, 0.15) is 21.5 Å². The average molecular weight is 379 g/mol. The maximum Gasteiger partial charge on any atom is 0.417 e. The molecule has 0 fully saturated rings. The molecule has 0 aliphatic rings. The fourth-order valence-electron chi connectivity index (χ4n) is 2.65. The van der Waals surface area contributed by atoms with Crippen LogP contribution in [0.5, 0.6) is 0 Å². The summed E-state index contributed by atoms with van der Waals surface area (Å²) in [6.07, 6.45) is -4.46. The molecule has 0 unspecified atom stereocenters. The minimum atomic E-state index is -4.46. The normalized spacial score (nSPS) is 10.7. The van der Waals surface area contributed by atoms with Gasteiger partial charge in [-0.3, -0.25) is 4.79 Å². The van der Waals surface area contributed by atoms with E-state index in [0.717, 1.165) is 17.2 Å². The minimum Gasteiger partial charge on any atom is -0.341 e. The van der Waals surface area contributed by atoms with Crippen molar-refractivity contribution in [2.24, 2.45) is 0 Å². The molecule has 0 radical (unpaired) electrons. The monoisotopic (exact) mass is 379 g/mol. The zero-order valence-corrected chi connectivity index (χ0v) is 14.8. The van der Waals surface area contributed by atoms with Crippen LogP contribution in [0.4, 0.5) is 13.2 Å². The number of alkyl halides is 3. The Bertz CT molecular complexity index is 1010. The van der Waals surface area contributed by atoms with Gasteiger partial charge in [0.25, 0.3) is 5.91 Å². The number of hydrogen-bond acceptors (Lipinski definition) is 1. The van der Waals surface area contributed by atoms with Gasteiger partial charge in [0.15, 0.2) is 0 Å². The zero-order valence-electron chi connectivity index (χ0n) is 14.8.